The predicted octanol–water partition coefficient (Wildman–Crippen LogP) is 3.66. The fourth-order valence-corrected chi connectivity index (χ4v) is 3.05. The number of nitrogen functional groups attached to an aromatic ring is 1. The van der Waals surface area contributed by atoms with Gasteiger partial charge in [0.15, 0.2) is 0 Å². The number of rotatable bonds is 2. The molecular formula is C19H17N5. The van der Waals surface area contributed by atoms with Gasteiger partial charge in [-0.3, -0.25) is 9.38 Å². The van der Waals surface area contributed by atoms with Gasteiger partial charge in [-0.15, -0.1) is 0 Å². The maximum absolute atomic E-state index is 6.15. The Morgan fingerprint density at radius 2 is 1.62 bits per heavy atom. The first-order chi connectivity index (χ1) is 11.6. The highest BCUT2D eigenvalue weighted by molar-refractivity contribution is 5.90. The molecule has 0 amide bonds. The first-order valence-electron chi connectivity index (χ1n) is 7.77. The quantitative estimate of drug-likeness (QED) is 0.613. The van der Waals surface area contributed by atoms with Gasteiger partial charge in [0.1, 0.15) is 5.65 Å². The molecular weight excluding hydrogens is 298 g/mol. The van der Waals surface area contributed by atoms with E-state index in [0.29, 0.717) is 5.95 Å². The molecule has 24 heavy (non-hydrogen) atoms. The zero-order valence-corrected chi connectivity index (χ0v) is 13.6. The molecule has 5 heteroatoms. The minimum absolute atomic E-state index is 0.424. The zero-order valence-electron chi connectivity index (χ0n) is 13.6. The summed E-state index contributed by atoms with van der Waals surface area (Å²) in [6, 6.07) is 14.2. The van der Waals surface area contributed by atoms with Crippen molar-refractivity contribution in [1.82, 2.24) is 19.4 Å². The Hall–Kier alpha value is -3.21. The molecule has 0 spiro atoms. The molecule has 0 atom stereocenters. The van der Waals surface area contributed by atoms with Gasteiger partial charge < -0.3 is 5.73 Å². The molecule has 2 N–H and O–H groups in total. The molecule has 0 unspecified atom stereocenters. The Kier molecular flexibility index (Phi) is 3.27. The number of imidazole rings is 1. The van der Waals surface area contributed by atoms with Crippen LogP contribution >= 0.6 is 0 Å². The predicted molar refractivity (Wildman–Crippen MR) is 95.5 cm³/mol. The smallest absolute Gasteiger partial charge is 0.206 e. The van der Waals surface area contributed by atoms with Crippen LogP contribution in [0.1, 0.15) is 11.4 Å². The summed E-state index contributed by atoms with van der Waals surface area (Å²) in [4.78, 5) is 13.7. The first-order valence-corrected chi connectivity index (χ1v) is 7.77. The minimum Gasteiger partial charge on any atom is -0.369 e. The molecule has 4 rings (SSSR count). The Bertz CT molecular complexity index is 1010. The lowest BCUT2D eigenvalue weighted by Crippen LogP contribution is -2.04. The van der Waals surface area contributed by atoms with Crippen molar-refractivity contribution in [3.8, 4) is 22.4 Å². The van der Waals surface area contributed by atoms with Gasteiger partial charge in [0.25, 0.3) is 0 Å². The summed E-state index contributed by atoms with van der Waals surface area (Å²) in [6.45, 7) is 3.98. The van der Waals surface area contributed by atoms with Crippen LogP contribution in [0.25, 0.3) is 28.0 Å². The van der Waals surface area contributed by atoms with E-state index in [1.54, 1.807) is 6.20 Å². The van der Waals surface area contributed by atoms with Gasteiger partial charge in [-0.1, -0.05) is 30.3 Å². The maximum Gasteiger partial charge on any atom is 0.206 e. The van der Waals surface area contributed by atoms with Crippen LogP contribution in [0, 0.1) is 13.8 Å². The van der Waals surface area contributed by atoms with Crippen molar-refractivity contribution < 1.29 is 0 Å². The Morgan fingerprint density at radius 3 is 2.33 bits per heavy atom. The van der Waals surface area contributed by atoms with Crippen molar-refractivity contribution in [2.45, 2.75) is 13.8 Å². The summed E-state index contributed by atoms with van der Waals surface area (Å²) in [5.74, 6) is 0.424. The monoisotopic (exact) mass is 315 g/mol. The van der Waals surface area contributed by atoms with E-state index in [1.165, 1.54) is 0 Å². The topological polar surface area (TPSA) is 69.1 Å². The lowest BCUT2D eigenvalue weighted by atomic mass is 9.99. The van der Waals surface area contributed by atoms with Gasteiger partial charge in [0.05, 0.1) is 11.3 Å². The van der Waals surface area contributed by atoms with E-state index in [9.17, 15) is 0 Å². The number of anilines is 1. The van der Waals surface area contributed by atoms with E-state index in [0.717, 1.165) is 39.4 Å². The van der Waals surface area contributed by atoms with Crippen LogP contribution in [0.15, 0.2) is 54.9 Å². The van der Waals surface area contributed by atoms with Crippen molar-refractivity contribution >= 4 is 11.6 Å². The maximum atomic E-state index is 6.15. The summed E-state index contributed by atoms with van der Waals surface area (Å²) in [5.41, 5.74) is 12.7. The van der Waals surface area contributed by atoms with Gasteiger partial charge >= 0.3 is 0 Å². The van der Waals surface area contributed by atoms with Crippen LogP contribution in [0.4, 0.5) is 5.95 Å². The summed E-state index contributed by atoms with van der Waals surface area (Å²) in [5, 5.41) is 0. The van der Waals surface area contributed by atoms with Crippen molar-refractivity contribution in [3.05, 3.63) is 66.2 Å². The molecule has 0 aliphatic carbocycles. The molecule has 0 bridgehead atoms. The van der Waals surface area contributed by atoms with Gasteiger partial charge in [-0.2, -0.15) is 0 Å². The zero-order chi connectivity index (χ0) is 16.7. The SMILES string of the molecule is Cc1cc(-c2c(-c3ccccc3)nc(N)n3ccnc23)cc(C)n1. The second kappa shape index (κ2) is 5.45. The summed E-state index contributed by atoms with van der Waals surface area (Å²) in [6.07, 6.45) is 3.57. The largest absolute Gasteiger partial charge is 0.369 e. The van der Waals surface area contributed by atoms with E-state index >= 15 is 0 Å². The molecule has 1 aromatic carbocycles. The molecule has 0 saturated carbocycles. The number of aromatic nitrogens is 4. The molecule has 0 saturated heterocycles. The van der Waals surface area contributed by atoms with Crippen molar-refractivity contribution in [1.29, 1.82) is 0 Å². The number of nitrogens with zero attached hydrogens (tertiary/aromatic N) is 4. The lowest BCUT2D eigenvalue weighted by Gasteiger charge is -2.13. The van der Waals surface area contributed by atoms with Crippen molar-refractivity contribution in [3.63, 3.8) is 0 Å². The fraction of sp³-hybridized carbons (Fsp3) is 0.105. The Morgan fingerprint density at radius 1 is 0.917 bits per heavy atom. The van der Waals surface area contributed by atoms with Gasteiger partial charge in [-0.25, -0.2) is 9.97 Å². The van der Waals surface area contributed by atoms with Crippen molar-refractivity contribution in [2.24, 2.45) is 0 Å². The van der Waals surface area contributed by atoms with Crippen LogP contribution in [-0.2, 0) is 0 Å². The van der Waals surface area contributed by atoms with E-state index in [1.807, 2.05) is 54.8 Å². The highest BCUT2D eigenvalue weighted by atomic mass is 15.1. The Labute approximate surface area is 139 Å². The second-order valence-corrected chi connectivity index (χ2v) is 5.82. The molecule has 0 aliphatic heterocycles. The van der Waals surface area contributed by atoms with E-state index < -0.39 is 0 Å². The summed E-state index contributed by atoms with van der Waals surface area (Å²) >= 11 is 0. The molecule has 3 aromatic heterocycles. The molecule has 0 fully saturated rings. The summed E-state index contributed by atoms with van der Waals surface area (Å²) < 4.78 is 1.81. The fourth-order valence-electron chi connectivity index (χ4n) is 3.05. The molecule has 3 heterocycles. The minimum atomic E-state index is 0.424. The average Bonchev–Trinajstić information content (AvgIpc) is 3.04. The van der Waals surface area contributed by atoms with E-state index in [-0.39, 0.29) is 0 Å². The Balaban J connectivity index is 2.12. The third-order valence-electron chi connectivity index (χ3n) is 3.99. The van der Waals surface area contributed by atoms with E-state index in [2.05, 4.69) is 27.1 Å². The normalized spacial score (nSPS) is 11.1. The highest BCUT2D eigenvalue weighted by Crippen LogP contribution is 2.35. The third kappa shape index (κ3) is 2.31. The van der Waals surface area contributed by atoms with Gasteiger partial charge in [-0.05, 0) is 31.5 Å². The van der Waals surface area contributed by atoms with Crippen LogP contribution in [0.5, 0.6) is 0 Å². The molecule has 0 aliphatic rings. The van der Waals surface area contributed by atoms with Crippen LogP contribution in [0.3, 0.4) is 0 Å². The lowest BCUT2D eigenvalue weighted by molar-refractivity contribution is 1.10. The van der Waals surface area contributed by atoms with Crippen molar-refractivity contribution in [2.75, 3.05) is 5.73 Å². The molecule has 118 valence electrons. The number of benzene rings is 1. The number of fused-ring (bicyclic) bond motifs is 1. The third-order valence-corrected chi connectivity index (χ3v) is 3.99. The van der Waals surface area contributed by atoms with Crippen LogP contribution < -0.4 is 5.73 Å². The molecule has 5 nitrogen and oxygen atoms in total. The van der Waals surface area contributed by atoms with Gasteiger partial charge in [0.2, 0.25) is 5.95 Å². The number of aryl methyl sites for hydroxylation is 2. The number of hydrogen-bond donors (Lipinski definition) is 1. The number of hydrogen-bond acceptors (Lipinski definition) is 4. The van der Waals surface area contributed by atoms with Crippen LogP contribution in [-0.4, -0.2) is 19.4 Å². The highest BCUT2D eigenvalue weighted by Gasteiger charge is 2.17. The molecule has 0 radical (unpaired) electrons. The first kappa shape index (κ1) is 14.4. The number of pyridine rings is 1. The van der Waals surface area contributed by atoms with E-state index in [4.69, 9.17) is 5.73 Å². The van der Waals surface area contributed by atoms with Gasteiger partial charge in [0, 0.05) is 29.3 Å². The molecule has 4 aromatic rings. The average molecular weight is 315 g/mol. The van der Waals surface area contributed by atoms with Crippen LogP contribution in [0.2, 0.25) is 0 Å². The number of nitrogens with two attached hydrogens (primary N) is 1. The second-order valence-electron chi connectivity index (χ2n) is 5.82. The standard InChI is InChI=1S/C19H17N5/c1-12-10-15(11-13(2)22-12)16-17(14-6-4-3-5-7-14)23-19(20)24-9-8-21-18(16)24/h3-11H,1-2H3,(H2,20,23). The summed E-state index contributed by atoms with van der Waals surface area (Å²) in [7, 11) is 0.